The molecule has 0 radical (unpaired) electrons. The average Bonchev–Trinajstić information content (AvgIpc) is 3.63. The van der Waals surface area contributed by atoms with E-state index in [1.807, 2.05) is 55.8 Å². The van der Waals surface area contributed by atoms with E-state index >= 15 is 0 Å². The van der Waals surface area contributed by atoms with Crippen molar-refractivity contribution in [2.45, 2.75) is 65.2 Å². The maximum Gasteiger partial charge on any atom is 0.255 e. The first-order valence-electron chi connectivity index (χ1n) is 13.3. The van der Waals surface area contributed by atoms with Gasteiger partial charge in [-0.1, -0.05) is 62.7 Å². The Labute approximate surface area is 227 Å². The number of hydrogen-bond acceptors (Lipinski definition) is 5. The summed E-state index contributed by atoms with van der Waals surface area (Å²) in [5.41, 5.74) is 6.59. The summed E-state index contributed by atoms with van der Waals surface area (Å²) in [6, 6.07) is 14.6. The number of aryl methyl sites for hydroxylation is 1. The summed E-state index contributed by atoms with van der Waals surface area (Å²) < 4.78 is 0. The predicted octanol–water partition coefficient (Wildman–Crippen LogP) is 4.80. The smallest absolute Gasteiger partial charge is 0.255 e. The monoisotopic (exact) mass is 530 g/mol. The van der Waals surface area contributed by atoms with Crippen molar-refractivity contribution in [3.63, 3.8) is 0 Å². The molecule has 1 fully saturated rings. The lowest BCUT2D eigenvalue weighted by Crippen LogP contribution is -2.53. The SMILES string of the molecule is CCC[C@@H](C(=O)N1C[C@H](C)C[C@H]1C(=O)NCc1ccc(-c2scnc2C)cc1)N1Cc2ccccc2C1=O. The highest BCUT2D eigenvalue weighted by Crippen LogP contribution is 2.31. The number of thiazole rings is 1. The van der Waals surface area contributed by atoms with Crippen LogP contribution >= 0.6 is 11.3 Å². The lowest BCUT2D eigenvalue weighted by atomic mass is 10.1. The average molecular weight is 531 g/mol. The van der Waals surface area contributed by atoms with Crippen LogP contribution in [0.5, 0.6) is 0 Å². The molecule has 1 aromatic heterocycles. The Morgan fingerprint density at radius 1 is 1.16 bits per heavy atom. The van der Waals surface area contributed by atoms with E-state index < -0.39 is 12.1 Å². The van der Waals surface area contributed by atoms with Crippen molar-refractivity contribution in [3.05, 3.63) is 76.4 Å². The normalized spacial score (nSPS) is 19.5. The van der Waals surface area contributed by atoms with Gasteiger partial charge in [-0.2, -0.15) is 0 Å². The lowest BCUT2D eigenvalue weighted by Gasteiger charge is -2.33. The molecule has 3 amide bonds. The van der Waals surface area contributed by atoms with Gasteiger partial charge < -0.3 is 15.1 Å². The Bertz CT molecular complexity index is 1340. The van der Waals surface area contributed by atoms with Gasteiger partial charge in [0, 0.05) is 25.2 Å². The molecule has 0 bridgehead atoms. The third-order valence-electron chi connectivity index (χ3n) is 7.60. The molecule has 38 heavy (non-hydrogen) atoms. The van der Waals surface area contributed by atoms with Crippen LogP contribution in [0, 0.1) is 12.8 Å². The maximum atomic E-state index is 13.9. The van der Waals surface area contributed by atoms with Gasteiger partial charge in [0.15, 0.2) is 0 Å². The Morgan fingerprint density at radius 3 is 2.61 bits per heavy atom. The Balaban J connectivity index is 1.26. The number of benzene rings is 2. The molecule has 2 aliphatic rings. The van der Waals surface area contributed by atoms with Gasteiger partial charge in [0.1, 0.15) is 12.1 Å². The van der Waals surface area contributed by atoms with Crippen LogP contribution in [0.3, 0.4) is 0 Å². The predicted molar refractivity (Wildman–Crippen MR) is 148 cm³/mol. The zero-order valence-corrected chi connectivity index (χ0v) is 23.0. The Hall–Kier alpha value is -3.52. The fraction of sp³-hybridized carbons (Fsp3) is 0.400. The fourth-order valence-corrected chi connectivity index (χ4v) is 6.42. The molecular weight excluding hydrogens is 496 g/mol. The standard InChI is InChI=1S/C30H34N4O3S/c1-4-7-25(34-17-23-8-5-6-9-24(23)29(34)36)30(37)33-16-19(2)14-26(33)28(35)31-15-21-10-12-22(13-11-21)27-20(3)32-18-38-27/h5-6,8-13,18-19,25-26H,4,7,14-17H2,1-3H3,(H,31,35)/t19-,25+,26+/m1/s1. The number of nitrogens with one attached hydrogen (secondary N) is 1. The molecule has 0 spiro atoms. The van der Waals surface area contributed by atoms with Crippen molar-refractivity contribution in [1.82, 2.24) is 20.1 Å². The number of nitrogens with zero attached hydrogens (tertiary/aromatic N) is 3. The second-order valence-corrected chi connectivity index (χ2v) is 11.3. The molecule has 0 unspecified atom stereocenters. The number of aromatic nitrogens is 1. The van der Waals surface area contributed by atoms with E-state index in [4.69, 9.17) is 0 Å². The van der Waals surface area contributed by atoms with Crippen molar-refractivity contribution in [2.75, 3.05) is 6.54 Å². The van der Waals surface area contributed by atoms with Crippen molar-refractivity contribution in [1.29, 1.82) is 0 Å². The topological polar surface area (TPSA) is 82.6 Å². The number of likely N-dealkylation sites (tertiary alicyclic amines) is 1. The van der Waals surface area contributed by atoms with Crippen LogP contribution in [0.15, 0.2) is 54.0 Å². The molecule has 7 nitrogen and oxygen atoms in total. The number of carbonyl (C=O) groups excluding carboxylic acids is 3. The highest BCUT2D eigenvalue weighted by atomic mass is 32.1. The van der Waals surface area contributed by atoms with Crippen molar-refractivity contribution in [2.24, 2.45) is 5.92 Å². The third-order valence-corrected chi connectivity index (χ3v) is 8.57. The molecule has 0 saturated carbocycles. The van der Waals surface area contributed by atoms with E-state index in [-0.39, 0.29) is 23.6 Å². The van der Waals surface area contributed by atoms with Gasteiger partial charge in [-0.25, -0.2) is 4.98 Å². The van der Waals surface area contributed by atoms with Gasteiger partial charge in [0.25, 0.3) is 5.91 Å². The summed E-state index contributed by atoms with van der Waals surface area (Å²) in [7, 11) is 0. The molecule has 1 saturated heterocycles. The lowest BCUT2D eigenvalue weighted by molar-refractivity contribution is -0.142. The quantitative estimate of drug-likeness (QED) is 0.454. The molecule has 3 heterocycles. The zero-order chi connectivity index (χ0) is 26.8. The van der Waals surface area contributed by atoms with E-state index in [0.29, 0.717) is 38.0 Å². The molecule has 3 aromatic rings. The summed E-state index contributed by atoms with van der Waals surface area (Å²) in [5.74, 6) is -0.152. The zero-order valence-electron chi connectivity index (χ0n) is 22.1. The molecule has 0 aliphatic carbocycles. The van der Waals surface area contributed by atoms with E-state index in [2.05, 4.69) is 29.4 Å². The van der Waals surface area contributed by atoms with Gasteiger partial charge in [-0.05, 0) is 48.4 Å². The van der Waals surface area contributed by atoms with E-state index in [0.717, 1.165) is 33.7 Å². The highest BCUT2D eigenvalue weighted by molar-refractivity contribution is 7.13. The minimum Gasteiger partial charge on any atom is -0.350 e. The van der Waals surface area contributed by atoms with E-state index in [1.165, 1.54) is 0 Å². The number of hydrogen-bond donors (Lipinski definition) is 1. The first kappa shape index (κ1) is 26.1. The fourth-order valence-electron chi connectivity index (χ4n) is 5.60. The second kappa shape index (κ2) is 11.1. The summed E-state index contributed by atoms with van der Waals surface area (Å²) in [6.07, 6.45) is 1.96. The molecule has 2 aliphatic heterocycles. The van der Waals surface area contributed by atoms with E-state index in [1.54, 1.807) is 21.1 Å². The maximum absolute atomic E-state index is 13.9. The Kier molecular flexibility index (Phi) is 7.61. The minimum atomic E-state index is -0.566. The van der Waals surface area contributed by atoms with Crippen LogP contribution < -0.4 is 5.32 Å². The number of carbonyl (C=O) groups is 3. The Morgan fingerprint density at radius 2 is 1.92 bits per heavy atom. The minimum absolute atomic E-state index is 0.0994. The molecule has 2 aromatic carbocycles. The van der Waals surface area contributed by atoms with Crippen LogP contribution in [0.25, 0.3) is 10.4 Å². The van der Waals surface area contributed by atoms with Crippen LogP contribution in [-0.2, 0) is 22.7 Å². The summed E-state index contributed by atoms with van der Waals surface area (Å²) in [6.45, 7) is 7.44. The highest BCUT2D eigenvalue weighted by Gasteiger charge is 2.43. The molecule has 198 valence electrons. The summed E-state index contributed by atoms with van der Waals surface area (Å²) in [5, 5.41) is 3.05. The van der Waals surface area contributed by atoms with Crippen molar-refractivity contribution in [3.8, 4) is 10.4 Å². The van der Waals surface area contributed by atoms with Crippen LogP contribution in [-0.4, -0.2) is 51.1 Å². The van der Waals surface area contributed by atoms with Crippen molar-refractivity contribution >= 4 is 29.1 Å². The number of amides is 3. The number of fused-ring (bicyclic) bond motifs is 1. The molecule has 8 heteroatoms. The van der Waals surface area contributed by atoms with Gasteiger partial charge in [-0.3, -0.25) is 14.4 Å². The molecule has 3 atom stereocenters. The molecule has 1 N–H and O–H groups in total. The van der Waals surface area contributed by atoms with Gasteiger partial charge >= 0.3 is 0 Å². The first-order valence-corrected chi connectivity index (χ1v) is 14.2. The molecule has 5 rings (SSSR count). The van der Waals surface area contributed by atoms with E-state index in [9.17, 15) is 14.4 Å². The van der Waals surface area contributed by atoms with Crippen molar-refractivity contribution < 1.29 is 14.4 Å². The number of rotatable bonds is 8. The first-order chi connectivity index (χ1) is 18.4. The van der Waals surface area contributed by atoms with Crippen LogP contribution in [0.1, 0.15) is 60.3 Å². The second-order valence-electron chi connectivity index (χ2n) is 10.4. The summed E-state index contributed by atoms with van der Waals surface area (Å²) >= 11 is 1.62. The molecular formula is C30H34N4O3S. The third kappa shape index (κ3) is 5.10. The van der Waals surface area contributed by atoms with Gasteiger partial charge in [0.2, 0.25) is 11.8 Å². The summed E-state index contributed by atoms with van der Waals surface area (Å²) in [4.78, 5) is 49.2. The van der Waals surface area contributed by atoms with Gasteiger partial charge in [0.05, 0.1) is 16.1 Å². The van der Waals surface area contributed by atoms with Crippen LogP contribution in [0.4, 0.5) is 0 Å². The largest absolute Gasteiger partial charge is 0.350 e. The van der Waals surface area contributed by atoms with Gasteiger partial charge in [-0.15, -0.1) is 11.3 Å². The van der Waals surface area contributed by atoms with Crippen LogP contribution in [0.2, 0.25) is 0 Å².